The maximum atomic E-state index is 12.1. The Kier molecular flexibility index (Phi) is 4.49. The van der Waals surface area contributed by atoms with Crippen LogP contribution in [-0.2, 0) is 9.59 Å². The van der Waals surface area contributed by atoms with Crippen molar-refractivity contribution in [3.05, 3.63) is 53.0 Å². The van der Waals surface area contributed by atoms with E-state index < -0.39 is 5.25 Å². The normalized spacial score (nSPS) is 16.6. The van der Waals surface area contributed by atoms with E-state index in [-0.39, 0.29) is 18.2 Å². The predicted octanol–water partition coefficient (Wildman–Crippen LogP) is 3.89. The summed E-state index contributed by atoms with van der Waals surface area (Å²) in [6.07, 6.45) is 0.140. The van der Waals surface area contributed by atoms with E-state index in [1.807, 2.05) is 48.5 Å². The Balaban J connectivity index is 1.67. The van der Waals surface area contributed by atoms with Crippen LogP contribution in [0.3, 0.4) is 0 Å². The van der Waals surface area contributed by atoms with Gasteiger partial charge in [-0.2, -0.15) is 0 Å². The molecule has 1 heterocycles. The van der Waals surface area contributed by atoms with E-state index in [0.717, 1.165) is 20.7 Å². The van der Waals surface area contributed by atoms with E-state index in [2.05, 4.69) is 26.6 Å². The number of carbonyl (C=O) groups is 2. The summed E-state index contributed by atoms with van der Waals surface area (Å²) in [6, 6.07) is 14.9. The molecule has 1 aliphatic rings. The fraction of sp³-hybridized carbons (Fsp3) is 0.125. The molecule has 1 aliphatic heterocycles. The molecule has 2 N–H and O–H groups in total. The second-order valence-electron chi connectivity index (χ2n) is 4.85. The summed E-state index contributed by atoms with van der Waals surface area (Å²) in [5, 5.41) is 5.23. The van der Waals surface area contributed by atoms with Gasteiger partial charge in [-0.1, -0.05) is 34.1 Å². The lowest BCUT2D eigenvalue weighted by Crippen LogP contribution is -2.32. The van der Waals surface area contributed by atoms with Crippen molar-refractivity contribution in [1.29, 1.82) is 0 Å². The molecule has 2 amide bonds. The van der Waals surface area contributed by atoms with Crippen molar-refractivity contribution < 1.29 is 9.59 Å². The molecule has 0 bridgehead atoms. The molecule has 112 valence electrons. The van der Waals surface area contributed by atoms with Crippen LogP contribution in [0.1, 0.15) is 6.42 Å². The highest BCUT2D eigenvalue weighted by atomic mass is 79.9. The van der Waals surface area contributed by atoms with E-state index >= 15 is 0 Å². The van der Waals surface area contributed by atoms with Crippen LogP contribution >= 0.6 is 27.7 Å². The van der Waals surface area contributed by atoms with Crippen LogP contribution in [0.5, 0.6) is 0 Å². The van der Waals surface area contributed by atoms with Gasteiger partial charge in [0, 0.05) is 21.5 Å². The minimum Gasteiger partial charge on any atom is -0.326 e. The lowest BCUT2D eigenvalue weighted by molar-refractivity contribution is -0.120. The number of hydrogen-bond acceptors (Lipinski definition) is 3. The summed E-state index contributed by atoms with van der Waals surface area (Å²) >= 11 is 4.80. The highest BCUT2D eigenvalue weighted by Crippen LogP contribution is 2.38. The number of hydrogen-bond donors (Lipinski definition) is 2. The summed E-state index contributed by atoms with van der Waals surface area (Å²) in [6.45, 7) is 0. The van der Waals surface area contributed by atoms with Crippen molar-refractivity contribution >= 4 is 50.9 Å². The van der Waals surface area contributed by atoms with E-state index in [9.17, 15) is 9.59 Å². The van der Waals surface area contributed by atoms with Crippen LogP contribution in [0.2, 0.25) is 0 Å². The number of benzene rings is 2. The smallest absolute Gasteiger partial charge is 0.238 e. The monoisotopic (exact) mass is 376 g/mol. The average molecular weight is 377 g/mol. The van der Waals surface area contributed by atoms with Crippen LogP contribution in [0.4, 0.5) is 11.4 Å². The molecular weight excluding hydrogens is 364 g/mol. The minimum atomic E-state index is -0.419. The van der Waals surface area contributed by atoms with E-state index in [1.165, 1.54) is 11.8 Å². The lowest BCUT2D eigenvalue weighted by atomic mass is 10.2. The van der Waals surface area contributed by atoms with Gasteiger partial charge in [0.05, 0.1) is 10.9 Å². The number of rotatable bonds is 3. The lowest BCUT2D eigenvalue weighted by Gasteiger charge is -2.23. The molecule has 3 rings (SSSR count). The number of anilines is 2. The molecule has 22 heavy (non-hydrogen) atoms. The maximum Gasteiger partial charge on any atom is 0.238 e. The molecule has 4 nitrogen and oxygen atoms in total. The zero-order valence-electron chi connectivity index (χ0n) is 11.5. The Bertz CT molecular complexity index is 721. The molecule has 2 aromatic carbocycles. The summed E-state index contributed by atoms with van der Waals surface area (Å²) < 4.78 is 0.910. The summed E-state index contributed by atoms with van der Waals surface area (Å²) in [7, 11) is 0. The van der Waals surface area contributed by atoms with Crippen molar-refractivity contribution in [2.75, 3.05) is 10.6 Å². The van der Waals surface area contributed by atoms with E-state index in [0.29, 0.717) is 0 Å². The highest BCUT2D eigenvalue weighted by Gasteiger charge is 2.29. The first-order valence-electron chi connectivity index (χ1n) is 6.74. The highest BCUT2D eigenvalue weighted by molar-refractivity contribution is 9.10. The van der Waals surface area contributed by atoms with Gasteiger partial charge < -0.3 is 10.6 Å². The first-order valence-corrected chi connectivity index (χ1v) is 8.41. The molecule has 6 heteroatoms. The van der Waals surface area contributed by atoms with Gasteiger partial charge in [-0.3, -0.25) is 9.59 Å². The fourth-order valence-electron chi connectivity index (χ4n) is 2.16. The summed E-state index contributed by atoms with van der Waals surface area (Å²) in [4.78, 5) is 25.2. The standard InChI is InChI=1S/C16H13BrN2O2S/c17-10-6-7-13-12(8-10)19-16(21)14(22-13)9-15(20)18-11-4-2-1-3-5-11/h1-8,14H,9H2,(H,18,20)(H,19,21). The maximum absolute atomic E-state index is 12.1. The van der Waals surface area contributed by atoms with Gasteiger partial charge in [-0.25, -0.2) is 0 Å². The zero-order valence-corrected chi connectivity index (χ0v) is 13.9. The minimum absolute atomic E-state index is 0.140. The zero-order chi connectivity index (χ0) is 15.5. The second-order valence-corrected chi connectivity index (χ2v) is 7.01. The van der Waals surface area contributed by atoms with Crippen molar-refractivity contribution in [3.63, 3.8) is 0 Å². The topological polar surface area (TPSA) is 58.2 Å². The average Bonchev–Trinajstić information content (AvgIpc) is 2.49. The van der Waals surface area contributed by atoms with Crippen LogP contribution < -0.4 is 10.6 Å². The SMILES string of the molecule is O=C(CC1Sc2ccc(Br)cc2NC1=O)Nc1ccccc1. The van der Waals surface area contributed by atoms with Crippen LogP contribution in [0, 0.1) is 0 Å². The first kappa shape index (κ1) is 15.1. The number of carbonyl (C=O) groups excluding carboxylic acids is 2. The van der Waals surface area contributed by atoms with Gasteiger partial charge in [0.15, 0.2) is 0 Å². The quantitative estimate of drug-likeness (QED) is 0.853. The number of amides is 2. The molecule has 0 fully saturated rings. The third-order valence-electron chi connectivity index (χ3n) is 3.19. The Morgan fingerprint density at radius 2 is 2.00 bits per heavy atom. The molecule has 0 aromatic heterocycles. The summed E-state index contributed by atoms with van der Waals surface area (Å²) in [5.74, 6) is -0.307. The molecule has 1 unspecified atom stereocenters. The van der Waals surface area contributed by atoms with Gasteiger partial charge >= 0.3 is 0 Å². The van der Waals surface area contributed by atoms with E-state index in [1.54, 1.807) is 0 Å². The first-order chi connectivity index (χ1) is 10.6. The largest absolute Gasteiger partial charge is 0.326 e. The molecule has 0 saturated carbocycles. The van der Waals surface area contributed by atoms with Crippen molar-refractivity contribution in [1.82, 2.24) is 0 Å². The Hall–Kier alpha value is -1.79. The van der Waals surface area contributed by atoms with Crippen LogP contribution in [0.25, 0.3) is 0 Å². The van der Waals surface area contributed by atoms with Gasteiger partial charge in [0.25, 0.3) is 0 Å². The molecular formula is C16H13BrN2O2S. The summed E-state index contributed by atoms with van der Waals surface area (Å²) in [5.41, 5.74) is 1.52. The third kappa shape index (κ3) is 3.51. The van der Waals surface area contributed by atoms with Crippen molar-refractivity contribution in [3.8, 4) is 0 Å². The molecule has 0 spiro atoms. The number of fused-ring (bicyclic) bond motifs is 1. The number of halogens is 1. The fourth-order valence-corrected chi connectivity index (χ4v) is 3.61. The second kappa shape index (κ2) is 6.54. The molecule has 0 aliphatic carbocycles. The van der Waals surface area contributed by atoms with Gasteiger partial charge in [0.2, 0.25) is 11.8 Å². The van der Waals surface area contributed by atoms with E-state index in [4.69, 9.17) is 0 Å². The Morgan fingerprint density at radius 1 is 1.23 bits per heavy atom. The van der Waals surface area contributed by atoms with Crippen LogP contribution in [0.15, 0.2) is 57.9 Å². The van der Waals surface area contributed by atoms with Crippen molar-refractivity contribution in [2.24, 2.45) is 0 Å². The van der Waals surface area contributed by atoms with Crippen LogP contribution in [-0.4, -0.2) is 17.1 Å². The molecule has 2 aromatic rings. The van der Waals surface area contributed by atoms with Gasteiger partial charge in [-0.15, -0.1) is 11.8 Å². The number of thioether (sulfide) groups is 1. The number of nitrogens with one attached hydrogen (secondary N) is 2. The Morgan fingerprint density at radius 3 is 2.77 bits per heavy atom. The van der Waals surface area contributed by atoms with Gasteiger partial charge in [0.1, 0.15) is 0 Å². The molecule has 1 atom stereocenters. The molecule has 0 saturated heterocycles. The predicted molar refractivity (Wildman–Crippen MR) is 92.1 cm³/mol. The van der Waals surface area contributed by atoms with Crippen molar-refractivity contribution in [2.45, 2.75) is 16.6 Å². The molecule has 0 radical (unpaired) electrons. The van der Waals surface area contributed by atoms with Gasteiger partial charge in [-0.05, 0) is 30.3 Å². The third-order valence-corrected chi connectivity index (χ3v) is 4.96. The number of para-hydroxylation sites is 1. The Labute approximate surface area is 140 Å².